The molecule has 0 aliphatic rings. The SMILES string of the molecule is C#Cc1ccc2cc(Cl)ccc2c1. The molecule has 1 heteroatoms. The van der Waals surface area contributed by atoms with E-state index in [0.717, 1.165) is 21.4 Å². The predicted molar refractivity (Wildman–Crippen MR) is 56.9 cm³/mol. The average molecular weight is 187 g/mol. The lowest BCUT2D eigenvalue weighted by atomic mass is 10.1. The Hall–Kier alpha value is -1.45. The van der Waals surface area contributed by atoms with E-state index in [0.29, 0.717) is 0 Å². The molecule has 0 aliphatic carbocycles. The summed E-state index contributed by atoms with van der Waals surface area (Å²) in [7, 11) is 0. The summed E-state index contributed by atoms with van der Waals surface area (Å²) in [5.74, 6) is 2.60. The van der Waals surface area contributed by atoms with Crippen molar-refractivity contribution in [3.8, 4) is 12.3 Å². The normalized spacial score (nSPS) is 9.85. The number of rotatable bonds is 0. The fourth-order valence-corrected chi connectivity index (χ4v) is 1.49. The summed E-state index contributed by atoms with van der Waals surface area (Å²) < 4.78 is 0. The minimum absolute atomic E-state index is 0.751. The molecule has 0 unspecified atom stereocenters. The molecule has 2 aromatic rings. The molecule has 2 rings (SSSR count). The lowest BCUT2D eigenvalue weighted by Gasteiger charge is -1.98. The van der Waals surface area contributed by atoms with Crippen LogP contribution < -0.4 is 0 Å². The Labute approximate surface area is 82.1 Å². The summed E-state index contributed by atoms with van der Waals surface area (Å²) in [5.41, 5.74) is 0.898. The highest BCUT2D eigenvalue weighted by Gasteiger charge is 1.94. The minimum Gasteiger partial charge on any atom is -0.115 e. The summed E-state index contributed by atoms with van der Waals surface area (Å²) in [4.78, 5) is 0. The van der Waals surface area contributed by atoms with Crippen molar-refractivity contribution in [1.29, 1.82) is 0 Å². The molecule has 0 amide bonds. The van der Waals surface area contributed by atoms with Gasteiger partial charge in [-0.2, -0.15) is 0 Å². The third-order valence-corrected chi connectivity index (χ3v) is 2.20. The Balaban J connectivity index is 2.75. The van der Waals surface area contributed by atoms with Crippen molar-refractivity contribution in [3.05, 3.63) is 47.0 Å². The maximum atomic E-state index is 5.85. The zero-order chi connectivity index (χ0) is 9.26. The van der Waals surface area contributed by atoms with Crippen LogP contribution in [0.4, 0.5) is 0 Å². The number of hydrogen-bond acceptors (Lipinski definition) is 0. The zero-order valence-electron chi connectivity index (χ0n) is 6.92. The maximum Gasteiger partial charge on any atom is 0.0412 e. The first kappa shape index (κ1) is 8.16. The first-order valence-electron chi connectivity index (χ1n) is 3.95. The van der Waals surface area contributed by atoms with Crippen LogP contribution in [0.3, 0.4) is 0 Å². The van der Waals surface area contributed by atoms with Gasteiger partial charge in [0.25, 0.3) is 0 Å². The van der Waals surface area contributed by atoms with Gasteiger partial charge < -0.3 is 0 Å². The van der Waals surface area contributed by atoms with Crippen LogP contribution >= 0.6 is 11.6 Å². The van der Waals surface area contributed by atoms with Gasteiger partial charge in [-0.05, 0) is 35.0 Å². The van der Waals surface area contributed by atoms with Gasteiger partial charge in [0.2, 0.25) is 0 Å². The van der Waals surface area contributed by atoms with E-state index in [1.165, 1.54) is 0 Å². The number of halogens is 1. The third-order valence-electron chi connectivity index (χ3n) is 1.97. The van der Waals surface area contributed by atoms with Crippen molar-refractivity contribution in [3.63, 3.8) is 0 Å². The molecule has 0 aliphatic heterocycles. The molecule has 0 saturated carbocycles. The van der Waals surface area contributed by atoms with E-state index in [-0.39, 0.29) is 0 Å². The molecule has 0 saturated heterocycles. The second-order valence-corrected chi connectivity index (χ2v) is 3.29. The van der Waals surface area contributed by atoms with Gasteiger partial charge in [-0.1, -0.05) is 29.7 Å². The molecule has 0 aromatic heterocycles. The number of terminal acetylenes is 1. The molecule has 62 valence electrons. The highest BCUT2D eigenvalue weighted by atomic mass is 35.5. The molecule has 0 N–H and O–H groups in total. The van der Waals surface area contributed by atoms with E-state index in [9.17, 15) is 0 Å². The van der Waals surface area contributed by atoms with Crippen molar-refractivity contribution >= 4 is 22.4 Å². The van der Waals surface area contributed by atoms with Crippen LogP contribution in [0.25, 0.3) is 10.8 Å². The monoisotopic (exact) mass is 186 g/mol. The zero-order valence-corrected chi connectivity index (χ0v) is 7.68. The molecular weight excluding hydrogens is 180 g/mol. The molecule has 0 radical (unpaired) electrons. The largest absolute Gasteiger partial charge is 0.115 e. The van der Waals surface area contributed by atoms with Gasteiger partial charge in [0.15, 0.2) is 0 Å². The summed E-state index contributed by atoms with van der Waals surface area (Å²) in [5, 5.41) is 2.99. The summed E-state index contributed by atoms with van der Waals surface area (Å²) in [6.07, 6.45) is 5.29. The third kappa shape index (κ3) is 1.52. The Kier molecular flexibility index (Phi) is 1.96. The number of hydrogen-bond donors (Lipinski definition) is 0. The van der Waals surface area contributed by atoms with Crippen molar-refractivity contribution in [2.45, 2.75) is 0 Å². The lowest BCUT2D eigenvalue weighted by molar-refractivity contribution is 1.70. The summed E-state index contributed by atoms with van der Waals surface area (Å²) in [6.45, 7) is 0. The van der Waals surface area contributed by atoms with E-state index < -0.39 is 0 Å². The number of benzene rings is 2. The van der Waals surface area contributed by atoms with Crippen LogP contribution in [0.2, 0.25) is 5.02 Å². The van der Waals surface area contributed by atoms with Gasteiger partial charge >= 0.3 is 0 Å². The lowest BCUT2D eigenvalue weighted by Crippen LogP contribution is -1.76. The van der Waals surface area contributed by atoms with Crippen LogP contribution in [0, 0.1) is 12.3 Å². The van der Waals surface area contributed by atoms with Crippen LogP contribution in [0.5, 0.6) is 0 Å². The first-order chi connectivity index (χ1) is 6.29. The van der Waals surface area contributed by atoms with Gasteiger partial charge in [-0.3, -0.25) is 0 Å². The van der Waals surface area contributed by atoms with E-state index >= 15 is 0 Å². The molecule has 2 aromatic carbocycles. The molecule has 13 heavy (non-hydrogen) atoms. The van der Waals surface area contributed by atoms with E-state index in [1.54, 1.807) is 0 Å². The van der Waals surface area contributed by atoms with E-state index in [1.807, 2.05) is 36.4 Å². The Morgan fingerprint density at radius 2 is 1.69 bits per heavy atom. The maximum absolute atomic E-state index is 5.85. The molecule has 0 spiro atoms. The minimum atomic E-state index is 0.751. The smallest absolute Gasteiger partial charge is 0.0412 e. The quantitative estimate of drug-likeness (QED) is 0.553. The van der Waals surface area contributed by atoms with Crippen molar-refractivity contribution in [2.75, 3.05) is 0 Å². The summed E-state index contributed by atoms with van der Waals surface area (Å²) >= 11 is 5.85. The molecule has 0 fully saturated rings. The summed E-state index contributed by atoms with van der Waals surface area (Å²) in [6, 6.07) is 11.6. The molecule has 0 atom stereocenters. The highest BCUT2D eigenvalue weighted by molar-refractivity contribution is 6.31. The Bertz CT molecular complexity index is 492. The predicted octanol–water partition coefficient (Wildman–Crippen LogP) is 3.47. The fraction of sp³-hybridized carbons (Fsp3) is 0. The Morgan fingerprint density at radius 1 is 1.00 bits per heavy atom. The van der Waals surface area contributed by atoms with Crippen molar-refractivity contribution in [1.82, 2.24) is 0 Å². The molecule has 0 heterocycles. The van der Waals surface area contributed by atoms with Gasteiger partial charge in [-0.25, -0.2) is 0 Å². The van der Waals surface area contributed by atoms with Gasteiger partial charge in [-0.15, -0.1) is 6.42 Å². The van der Waals surface area contributed by atoms with Crippen molar-refractivity contribution < 1.29 is 0 Å². The van der Waals surface area contributed by atoms with Gasteiger partial charge in [0.1, 0.15) is 0 Å². The second kappa shape index (κ2) is 3.12. The van der Waals surface area contributed by atoms with Crippen LogP contribution in [0.15, 0.2) is 36.4 Å². The first-order valence-corrected chi connectivity index (χ1v) is 4.33. The standard InChI is InChI=1S/C12H7Cl/c1-2-9-3-4-11-8-12(13)6-5-10(11)7-9/h1,3-8H. The fourth-order valence-electron chi connectivity index (χ4n) is 1.31. The van der Waals surface area contributed by atoms with Crippen molar-refractivity contribution in [2.24, 2.45) is 0 Å². The molecular formula is C12H7Cl. The second-order valence-electron chi connectivity index (χ2n) is 2.85. The van der Waals surface area contributed by atoms with E-state index in [4.69, 9.17) is 18.0 Å². The molecule has 0 bridgehead atoms. The van der Waals surface area contributed by atoms with E-state index in [2.05, 4.69) is 5.92 Å². The van der Waals surface area contributed by atoms with Crippen LogP contribution in [-0.2, 0) is 0 Å². The van der Waals surface area contributed by atoms with Crippen LogP contribution in [0.1, 0.15) is 5.56 Å². The van der Waals surface area contributed by atoms with Crippen LogP contribution in [-0.4, -0.2) is 0 Å². The van der Waals surface area contributed by atoms with Gasteiger partial charge in [0.05, 0.1) is 0 Å². The average Bonchev–Trinajstić information content (AvgIpc) is 2.17. The number of fused-ring (bicyclic) bond motifs is 1. The molecule has 0 nitrogen and oxygen atoms in total. The highest BCUT2D eigenvalue weighted by Crippen LogP contribution is 2.20. The van der Waals surface area contributed by atoms with Gasteiger partial charge in [0, 0.05) is 10.6 Å². The topological polar surface area (TPSA) is 0 Å². The Morgan fingerprint density at radius 3 is 2.46 bits per heavy atom.